The summed E-state index contributed by atoms with van der Waals surface area (Å²) in [7, 11) is 0. The fourth-order valence-electron chi connectivity index (χ4n) is 1.20. The molecule has 0 saturated heterocycles. The van der Waals surface area contributed by atoms with Crippen molar-refractivity contribution >= 4 is 21.8 Å². The van der Waals surface area contributed by atoms with Crippen LogP contribution in [-0.2, 0) is 6.42 Å². The summed E-state index contributed by atoms with van der Waals surface area (Å²) in [6, 6.07) is 3.56. The highest BCUT2D eigenvalue weighted by molar-refractivity contribution is 9.09. The maximum Gasteiger partial charge on any atom is 0.286 e. The Hall–Kier alpha value is -0.770. The third-order valence-electron chi connectivity index (χ3n) is 2.08. The molecule has 1 heterocycles. The van der Waals surface area contributed by atoms with E-state index in [0.29, 0.717) is 12.3 Å². The van der Waals surface area contributed by atoms with Crippen molar-refractivity contribution in [3.05, 3.63) is 23.7 Å². The Bertz CT molecular complexity index is 309. The number of amides is 1. The van der Waals surface area contributed by atoms with E-state index < -0.39 is 0 Å². The second-order valence-electron chi connectivity index (χ2n) is 3.27. The van der Waals surface area contributed by atoms with E-state index in [2.05, 4.69) is 21.2 Å². The first-order valence-electron chi connectivity index (χ1n) is 5.20. The average molecular weight is 274 g/mol. The number of hydrogen-bond donors (Lipinski definition) is 1. The minimum atomic E-state index is -0.121. The Morgan fingerprint density at radius 1 is 1.47 bits per heavy atom. The molecular weight excluding hydrogens is 258 g/mol. The Morgan fingerprint density at radius 2 is 2.27 bits per heavy atom. The number of furan rings is 1. The molecule has 0 saturated carbocycles. The van der Waals surface area contributed by atoms with Crippen LogP contribution in [0.4, 0.5) is 0 Å². The number of carbonyl (C=O) groups excluding carboxylic acids is 1. The summed E-state index contributed by atoms with van der Waals surface area (Å²) in [6.45, 7) is 2.70. The number of alkyl halides is 1. The van der Waals surface area contributed by atoms with E-state index in [9.17, 15) is 4.79 Å². The lowest BCUT2D eigenvalue weighted by Gasteiger charge is -2.01. The number of hydrogen-bond acceptors (Lipinski definition) is 2. The van der Waals surface area contributed by atoms with E-state index in [0.717, 1.165) is 30.4 Å². The van der Waals surface area contributed by atoms with Crippen molar-refractivity contribution in [2.45, 2.75) is 26.2 Å². The molecule has 0 aromatic carbocycles. The van der Waals surface area contributed by atoms with Crippen LogP contribution in [0.3, 0.4) is 0 Å². The number of aryl methyl sites for hydroxylation is 1. The molecule has 84 valence electrons. The van der Waals surface area contributed by atoms with Gasteiger partial charge in [-0.1, -0.05) is 22.9 Å². The zero-order valence-corrected chi connectivity index (χ0v) is 10.5. The zero-order chi connectivity index (χ0) is 11.1. The lowest BCUT2D eigenvalue weighted by molar-refractivity contribution is 0.0924. The van der Waals surface area contributed by atoms with Crippen LogP contribution in [0.25, 0.3) is 0 Å². The van der Waals surface area contributed by atoms with Gasteiger partial charge in [-0.2, -0.15) is 0 Å². The van der Waals surface area contributed by atoms with Crippen molar-refractivity contribution in [1.29, 1.82) is 0 Å². The Balaban J connectivity index is 2.33. The maximum atomic E-state index is 11.5. The summed E-state index contributed by atoms with van der Waals surface area (Å²) < 4.78 is 5.33. The molecule has 0 bridgehead atoms. The van der Waals surface area contributed by atoms with E-state index in [1.54, 1.807) is 6.07 Å². The van der Waals surface area contributed by atoms with E-state index in [1.165, 1.54) is 0 Å². The molecule has 0 aliphatic heterocycles. The fourth-order valence-corrected chi connectivity index (χ4v) is 1.59. The molecule has 0 aliphatic rings. The number of nitrogens with one attached hydrogen (secondary N) is 1. The highest BCUT2D eigenvalue weighted by Gasteiger charge is 2.09. The molecule has 0 atom stereocenters. The van der Waals surface area contributed by atoms with Gasteiger partial charge in [0, 0.05) is 18.3 Å². The largest absolute Gasteiger partial charge is 0.456 e. The molecule has 1 amide bonds. The molecule has 3 nitrogen and oxygen atoms in total. The zero-order valence-electron chi connectivity index (χ0n) is 8.88. The number of rotatable bonds is 6. The van der Waals surface area contributed by atoms with Gasteiger partial charge < -0.3 is 9.73 Å². The van der Waals surface area contributed by atoms with Crippen LogP contribution in [0.1, 0.15) is 36.1 Å². The predicted octanol–water partition coefficient (Wildman–Crippen LogP) is 2.75. The molecule has 1 rings (SSSR count). The molecular formula is C11H16BrNO2. The van der Waals surface area contributed by atoms with Crippen LogP contribution < -0.4 is 5.32 Å². The van der Waals surface area contributed by atoms with Gasteiger partial charge in [0.15, 0.2) is 5.76 Å². The van der Waals surface area contributed by atoms with Crippen LogP contribution >= 0.6 is 15.9 Å². The predicted molar refractivity (Wildman–Crippen MR) is 63.4 cm³/mol. The van der Waals surface area contributed by atoms with Crippen molar-refractivity contribution in [2.24, 2.45) is 0 Å². The normalized spacial score (nSPS) is 10.3. The monoisotopic (exact) mass is 273 g/mol. The van der Waals surface area contributed by atoms with Crippen molar-refractivity contribution in [1.82, 2.24) is 5.32 Å². The molecule has 1 aromatic heterocycles. The summed E-state index contributed by atoms with van der Waals surface area (Å²) in [4.78, 5) is 11.5. The first kappa shape index (κ1) is 12.3. The lowest BCUT2D eigenvalue weighted by atomic mass is 10.3. The summed E-state index contributed by atoms with van der Waals surface area (Å²) in [5, 5.41) is 3.79. The SMILES string of the molecule is CCc1ccc(C(=O)NCCCCBr)o1. The molecule has 0 fully saturated rings. The van der Waals surface area contributed by atoms with Crippen molar-refractivity contribution < 1.29 is 9.21 Å². The molecule has 0 aliphatic carbocycles. The molecule has 1 aromatic rings. The van der Waals surface area contributed by atoms with E-state index in [1.807, 2.05) is 13.0 Å². The van der Waals surface area contributed by atoms with E-state index in [-0.39, 0.29) is 5.91 Å². The fraction of sp³-hybridized carbons (Fsp3) is 0.545. The highest BCUT2D eigenvalue weighted by atomic mass is 79.9. The van der Waals surface area contributed by atoms with Crippen molar-refractivity contribution in [3.63, 3.8) is 0 Å². The standard InChI is InChI=1S/C11H16BrNO2/c1-2-9-5-6-10(15-9)11(14)13-8-4-3-7-12/h5-6H,2-4,7-8H2,1H3,(H,13,14). The maximum absolute atomic E-state index is 11.5. The smallest absolute Gasteiger partial charge is 0.286 e. The van der Waals surface area contributed by atoms with Crippen molar-refractivity contribution in [2.75, 3.05) is 11.9 Å². The van der Waals surface area contributed by atoms with E-state index in [4.69, 9.17) is 4.42 Å². The first-order valence-corrected chi connectivity index (χ1v) is 6.33. The van der Waals surface area contributed by atoms with Gasteiger partial charge in [-0.15, -0.1) is 0 Å². The third kappa shape index (κ3) is 4.08. The number of carbonyl (C=O) groups is 1. The van der Waals surface area contributed by atoms with Gasteiger partial charge in [-0.3, -0.25) is 4.79 Å². The third-order valence-corrected chi connectivity index (χ3v) is 2.64. The average Bonchev–Trinajstić information content (AvgIpc) is 2.72. The summed E-state index contributed by atoms with van der Waals surface area (Å²) in [5.74, 6) is 1.13. The summed E-state index contributed by atoms with van der Waals surface area (Å²) in [6.07, 6.45) is 2.87. The van der Waals surface area contributed by atoms with Gasteiger partial charge in [-0.25, -0.2) is 0 Å². The van der Waals surface area contributed by atoms with Gasteiger partial charge in [0.1, 0.15) is 5.76 Å². The second-order valence-corrected chi connectivity index (χ2v) is 4.06. The second kappa shape index (κ2) is 6.67. The van der Waals surface area contributed by atoms with Gasteiger partial charge in [0.05, 0.1) is 0 Å². The number of halogens is 1. The Labute approximate surface area is 98.4 Å². The van der Waals surface area contributed by atoms with Gasteiger partial charge in [0.25, 0.3) is 5.91 Å². The summed E-state index contributed by atoms with van der Waals surface area (Å²) >= 11 is 3.34. The van der Waals surface area contributed by atoms with Crippen LogP contribution in [0.5, 0.6) is 0 Å². The van der Waals surface area contributed by atoms with Crippen LogP contribution in [0, 0.1) is 0 Å². The quantitative estimate of drug-likeness (QED) is 0.640. The first-order chi connectivity index (χ1) is 7.27. The van der Waals surface area contributed by atoms with Gasteiger partial charge in [0.2, 0.25) is 0 Å². The van der Waals surface area contributed by atoms with Gasteiger partial charge in [-0.05, 0) is 25.0 Å². The van der Waals surface area contributed by atoms with Gasteiger partial charge >= 0.3 is 0 Å². The molecule has 0 spiro atoms. The molecule has 1 N–H and O–H groups in total. The molecule has 0 unspecified atom stereocenters. The minimum absolute atomic E-state index is 0.121. The Morgan fingerprint density at radius 3 is 2.87 bits per heavy atom. The van der Waals surface area contributed by atoms with E-state index >= 15 is 0 Å². The molecule has 4 heteroatoms. The van der Waals surface area contributed by atoms with Crippen molar-refractivity contribution in [3.8, 4) is 0 Å². The minimum Gasteiger partial charge on any atom is -0.456 e. The number of unbranched alkanes of at least 4 members (excludes halogenated alkanes) is 1. The van der Waals surface area contributed by atoms with Crippen LogP contribution in [0.2, 0.25) is 0 Å². The summed E-state index contributed by atoms with van der Waals surface area (Å²) in [5.41, 5.74) is 0. The topological polar surface area (TPSA) is 42.2 Å². The lowest BCUT2D eigenvalue weighted by Crippen LogP contribution is -2.23. The highest BCUT2D eigenvalue weighted by Crippen LogP contribution is 2.08. The van der Waals surface area contributed by atoms with Crippen LogP contribution in [-0.4, -0.2) is 17.8 Å². The Kier molecular flexibility index (Phi) is 5.47. The molecule has 15 heavy (non-hydrogen) atoms. The van der Waals surface area contributed by atoms with Crippen LogP contribution in [0.15, 0.2) is 16.5 Å². The molecule has 0 radical (unpaired) electrons.